The molecular formula is C13H10N2O2. The van der Waals surface area contributed by atoms with Gasteiger partial charge in [0.05, 0.1) is 6.20 Å². The number of pyridine rings is 1. The molecule has 17 heavy (non-hydrogen) atoms. The van der Waals surface area contributed by atoms with E-state index in [4.69, 9.17) is 0 Å². The Bertz CT molecular complexity index is 689. The van der Waals surface area contributed by atoms with Crippen molar-refractivity contribution in [2.24, 2.45) is 0 Å². The highest BCUT2D eigenvalue weighted by Gasteiger charge is 2.08. The molecule has 2 heterocycles. The summed E-state index contributed by atoms with van der Waals surface area (Å²) in [7, 11) is 0. The van der Waals surface area contributed by atoms with E-state index in [1.807, 2.05) is 12.3 Å². The summed E-state index contributed by atoms with van der Waals surface area (Å²) in [5.41, 5.74) is 1.45. The quantitative estimate of drug-likeness (QED) is 0.670. The van der Waals surface area contributed by atoms with Gasteiger partial charge in [0.1, 0.15) is 22.8 Å². The minimum absolute atomic E-state index is 0.186. The van der Waals surface area contributed by atoms with Crippen LogP contribution in [-0.2, 0) is 0 Å². The average Bonchev–Trinajstić information content (AvgIpc) is 2.74. The number of phenols is 1. The lowest BCUT2D eigenvalue weighted by atomic mass is 10.2. The molecule has 3 aromatic rings. The molecule has 84 valence electrons. The summed E-state index contributed by atoms with van der Waals surface area (Å²) in [5, 5.41) is 19.1. The van der Waals surface area contributed by atoms with Gasteiger partial charge in [-0.15, -0.1) is 0 Å². The van der Waals surface area contributed by atoms with Crippen molar-refractivity contribution in [2.45, 2.75) is 0 Å². The minimum atomic E-state index is 0.186. The molecule has 0 fully saturated rings. The Kier molecular flexibility index (Phi) is 2.01. The number of hydrogen-bond acceptors (Lipinski definition) is 3. The van der Waals surface area contributed by atoms with E-state index in [0.29, 0.717) is 11.3 Å². The summed E-state index contributed by atoms with van der Waals surface area (Å²) in [4.78, 5) is 4.26. The Morgan fingerprint density at radius 2 is 1.94 bits per heavy atom. The van der Waals surface area contributed by atoms with E-state index in [1.165, 1.54) is 0 Å². The van der Waals surface area contributed by atoms with Crippen LogP contribution in [0.2, 0.25) is 0 Å². The maximum Gasteiger partial charge on any atom is 0.144 e. The van der Waals surface area contributed by atoms with E-state index < -0.39 is 0 Å². The third-order valence-corrected chi connectivity index (χ3v) is 2.65. The number of hydrogen-bond donors (Lipinski definition) is 2. The second-order valence-corrected chi connectivity index (χ2v) is 3.78. The molecule has 0 amide bonds. The van der Waals surface area contributed by atoms with E-state index >= 15 is 0 Å². The maximum absolute atomic E-state index is 9.68. The van der Waals surface area contributed by atoms with Crippen molar-refractivity contribution in [2.75, 3.05) is 0 Å². The second-order valence-electron chi connectivity index (χ2n) is 3.78. The van der Waals surface area contributed by atoms with Gasteiger partial charge in [0.15, 0.2) is 0 Å². The predicted octanol–water partition coefficient (Wildman–Crippen LogP) is 2.41. The molecule has 0 spiro atoms. The summed E-state index contributed by atoms with van der Waals surface area (Å²) in [6.07, 6.45) is 3.43. The van der Waals surface area contributed by atoms with E-state index in [-0.39, 0.29) is 11.5 Å². The largest absolute Gasteiger partial charge is 0.508 e. The van der Waals surface area contributed by atoms with E-state index in [0.717, 1.165) is 5.56 Å². The highest BCUT2D eigenvalue weighted by atomic mass is 16.3. The fourth-order valence-electron chi connectivity index (χ4n) is 1.87. The minimum Gasteiger partial charge on any atom is -0.508 e. The first-order valence-corrected chi connectivity index (χ1v) is 5.20. The number of benzene rings is 1. The summed E-state index contributed by atoms with van der Waals surface area (Å²) in [6.45, 7) is 0. The van der Waals surface area contributed by atoms with Gasteiger partial charge < -0.3 is 10.2 Å². The van der Waals surface area contributed by atoms with Crippen molar-refractivity contribution in [3.63, 3.8) is 0 Å². The molecule has 0 aliphatic rings. The van der Waals surface area contributed by atoms with E-state index in [2.05, 4.69) is 4.98 Å². The first-order valence-electron chi connectivity index (χ1n) is 5.20. The van der Waals surface area contributed by atoms with Crippen LogP contribution in [0.25, 0.3) is 16.9 Å². The molecule has 1 aromatic carbocycles. The number of fused-ring (bicyclic) bond motifs is 1. The molecule has 3 rings (SSSR count). The number of phenolic OH excluding ortho intramolecular Hbond substituents is 1. The Labute approximate surface area is 97.4 Å². The molecule has 0 unspecified atom stereocenters. The molecule has 4 heteroatoms. The summed E-state index contributed by atoms with van der Waals surface area (Å²) >= 11 is 0. The molecule has 0 bridgehead atoms. The molecule has 2 N–H and O–H groups in total. The standard InChI is InChI=1S/C13H10N2O2/c16-10-4-1-3-9(7-10)13-14-8-11-12(17)5-2-6-15(11)13/h1-8,16-17H. The third-order valence-electron chi connectivity index (χ3n) is 2.65. The summed E-state index contributed by atoms with van der Waals surface area (Å²) in [6, 6.07) is 10.2. The topological polar surface area (TPSA) is 57.8 Å². The van der Waals surface area contributed by atoms with Gasteiger partial charge in [-0.25, -0.2) is 4.98 Å². The monoisotopic (exact) mass is 226 g/mol. The predicted molar refractivity (Wildman–Crippen MR) is 64.0 cm³/mol. The SMILES string of the molecule is Oc1cccc(-c2ncc3c(O)cccn23)c1. The highest BCUT2D eigenvalue weighted by molar-refractivity contribution is 5.67. The molecule has 0 aliphatic carbocycles. The zero-order valence-corrected chi connectivity index (χ0v) is 8.91. The molecule has 0 saturated carbocycles. The van der Waals surface area contributed by atoms with Crippen LogP contribution < -0.4 is 0 Å². The highest BCUT2D eigenvalue weighted by Crippen LogP contribution is 2.26. The average molecular weight is 226 g/mol. The smallest absolute Gasteiger partial charge is 0.144 e. The number of imidazole rings is 1. The fourth-order valence-corrected chi connectivity index (χ4v) is 1.87. The van der Waals surface area contributed by atoms with E-state index in [1.54, 1.807) is 40.9 Å². The van der Waals surface area contributed by atoms with Crippen LogP contribution in [0.3, 0.4) is 0 Å². The number of rotatable bonds is 1. The van der Waals surface area contributed by atoms with Crippen molar-refractivity contribution in [3.05, 3.63) is 48.8 Å². The van der Waals surface area contributed by atoms with Crippen LogP contribution in [0, 0.1) is 0 Å². The van der Waals surface area contributed by atoms with Gasteiger partial charge in [0.25, 0.3) is 0 Å². The molecule has 2 aromatic heterocycles. The Hall–Kier alpha value is -2.49. The van der Waals surface area contributed by atoms with Crippen molar-refractivity contribution in [3.8, 4) is 22.9 Å². The van der Waals surface area contributed by atoms with Crippen molar-refractivity contribution in [1.82, 2.24) is 9.38 Å². The normalized spacial score (nSPS) is 10.8. The zero-order valence-electron chi connectivity index (χ0n) is 8.91. The van der Waals surface area contributed by atoms with Crippen LogP contribution in [0.5, 0.6) is 11.5 Å². The van der Waals surface area contributed by atoms with Crippen LogP contribution in [0.1, 0.15) is 0 Å². The van der Waals surface area contributed by atoms with Crippen LogP contribution >= 0.6 is 0 Å². The number of nitrogens with zero attached hydrogens (tertiary/aromatic N) is 2. The van der Waals surface area contributed by atoms with Crippen LogP contribution in [0.15, 0.2) is 48.8 Å². The van der Waals surface area contributed by atoms with Gasteiger partial charge >= 0.3 is 0 Å². The summed E-state index contributed by atoms with van der Waals surface area (Å²) < 4.78 is 1.78. The lowest BCUT2D eigenvalue weighted by Gasteiger charge is -2.02. The Morgan fingerprint density at radius 3 is 2.76 bits per heavy atom. The van der Waals surface area contributed by atoms with Crippen molar-refractivity contribution in [1.29, 1.82) is 0 Å². The van der Waals surface area contributed by atoms with Crippen LogP contribution in [0.4, 0.5) is 0 Å². The van der Waals surface area contributed by atoms with Gasteiger partial charge in [-0.3, -0.25) is 4.40 Å². The fraction of sp³-hybridized carbons (Fsp3) is 0. The summed E-state index contributed by atoms with van der Waals surface area (Å²) in [5.74, 6) is 1.07. The van der Waals surface area contributed by atoms with Gasteiger partial charge in [-0.2, -0.15) is 0 Å². The second kappa shape index (κ2) is 3.52. The Balaban J connectivity index is 2.28. The lowest BCUT2D eigenvalue weighted by Crippen LogP contribution is -1.88. The Morgan fingerprint density at radius 1 is 1.06 bits per heavy atom. The number of aromatic nitrogens is 2. The first-order chi connectivity index (χ1) is 8.25. The van der Waals surface area contributed by atoms with Gasteiger partial charge in [-0.1, -0.05) is 12.1 Å². The molecule has 0 aliphatic heterocycles. The zero-order chi connectivity index (χ0) is 11.8. The molecular weight excluding hydrogens is 216 g/mol. The lowest BCUT2D eigenvalue weighted by molar-refractivity contribution is 0.475. The van der Waals surface area contributed by atoms with Crippen molar-refractivity contribution < 1.29 is 10.2 Å². The van der Waals surface area contributed by atoms with E-state index in [9.17, 15) is 10.2 Å². The molecule has 0 radical (unpaired) electrons. The van der Waals surface area contributed by atoms with Gasteiger partial charge in [0.2, 0.25) is 0 Å². The maximum atomic E-state index is 9.68. The van der Waals surface area contributed by atoms with Crippen LogP contribution in [-0.4, -0.2) is 19.6 Å². The molecule has 0 saturated heterocycles. The third kappa shape index (κ3) is 1.50. The van der Waals surface area contributed by atoms with Crippen molar-refractivity contribution >= 4 is 5.52 Å². The molecule has 4 nitrogen and oxygen atoms in total. The number of aromatic hydroxyl groups is 2. The first kappa shape index (κ1) is 9.72. The van der Waals surface area contributed by atoms with Gasteiger partial charge in [0, 0.05) is 11.8 Å². The van der Waals surface area contributed by atoms with Gasteiger partial charge in [-0.05, 0) is 24.3 Å². The molecule has 0 atom stereocenters.